The third kappa shape index (κ3) is 4.18. The summed E-state index contributed by atoms with van der Waals surface area (Å²) >= 11 is 0. The standard InChI is InChI=1S/C6H13N3O/c1-5(10)4-6(2,3)8-9-7/h5,10H,4H2,1-3H3. The summed E-state index contributed by atoms with van der Waals surface area (Å²) in [6.07, 6.45) is 0.0809. The SMILES string of the molecule is CC(O)CC(C)(C)N=[N+]=[N-]. The fraction of sp³-hybridized carbons (Fsp3) is 1.00. The number of aliphatic hydroxyl groups excluding tert-OH is 1. The molecular weight excluding hydrogens is 130 g/mol. The van der Waals surface area contributed by atoms with Crippen LogP contribution in [0.2, 0.25) is 0 Å². The highest BCUT2D eigenvalue weighted by molar-refractivity contribution is 4.79. The predicted molar refractivity (Wildman–Crippen MR) is 39.5 cm³/mol. The minimum Gasteiger partial charge on any atom is -0.393 e. The van der Waals surface area contributed by atoms with Gasteiger partial charge < -0.3 is 5.11 Å². The first kappa shape index (κ1) is 9.27. The van der Waals surface area contributed by atoms with Gasteiger partial charge in [0.1, 0.15) is 0 Å². The molecule has 0 aromatic rings. The van der Waals surface area contributed by atoms with Crippen LogP contribution in [0.4, 0.5) is 0 Å². The van der Waals surface area contributed by atoms with Crippen LogP contribution in [0.3, 0.4) is 0 Å². The van der Waals surface area contributed by atoms with E-state index in [0.29, 0.717) is 6.42 Å². The van der Waals surface area contributed by atoms with Crippen molar-refractivity contribution in [3.63, 3.8) is 0 Å². The smallest absolute Gasteiger partial charge is 0.0518 e. The van der Waals surface area contributed by atoms with Gasteiger partial charge in [-0.1, -0.05) is 19.0 Å². The molecule has 0 fully saturated rings. The van der Waals surface area contributed by atoms with Gasteiger partial charge in [-0.15, -0.1) is 0 Å². The maximum absolute atomic E-state index is 8.93. The van der Waals surface area contributed by atoms with Gasteiger partial charge in [0.25, 0.3) is 0 Å². The topological polar surface area (TPSA) is 69.0 Å². The average molecular weight is 143 g/mol. The van der Waals surface area contributed by atoms with Crippen molar-refractivity contribution in [1.82, 2.24) is 0 Å². The molecule has 10 heavy (non-hydrogen) atoms. The molecule has 58 valence electrons. The minimum absolute atomic E-state index is 0.416. The van der Waals surface area contributed by atoms with E-state index in [1.807, 2.05) is 0 Å². The number of azide groups is 1. The van der Waals surface area contributed by atoms with E-state index in [4.69, 9.17) is 10.6 Å². The zero-order valence-electron chi connectivity index (χ0n) is 6.57. The van der Waals surface area contributed by atoms with Crippen LogP contribution in [0.15, 0.2) is 5.11 Å². The van der Waals surface area contributed by atoms with Crippen molar-refractivity contribution in [3.8, 4) is 0 Å². The van der Waals surface area contributed by atoms with E-state index in [1.165, 1.54) is 0 Å². The Morgan fingerprint density at radius 2 is 2.20 bits per heavy atom. The van der Waals surface area contributed by atoms with Crippen LogP contribution < -0.4 is 0 Å². The number of hydrogen-bond acceptors (Lipinski definition) is 2. The number of nitrogens with zero attached hydrogens (tertiary/aromatic N) is 3. The lowest BCUT2D eigenvalue weighted by Gasteiger charge is -2.18. The summed E-state index contributed by atoms with van der Waals surface area (Å²) in [5.74, 6) is 0. The number of rotatable bonds is 3. The zero-order valence-corrected chi connectivity index (χ0v) is 6.57. The van der Waals surface area contributed by atoms with E-state index in [1.54, 1.807) is 20.8 Å². The Bertz CT molecular complexity index is 147. The monoisotopic (exact) mass is 143 g/mol. The Morgan fingerprint density at radius 3 is 2.50 bits per heavy atom. The van der Waals surface area contributed by atoms with Crippen molar-refractivity contribution in [2.24, 2.45) is 5.11 Å². The van der Waals surface area contributed by atoms with E-state index >= 15 is 0 Å². The molecule has 0 rings (SSSR count). The minimum atomic E-state index is -0.469. The summed E-state index contributed by atoms with van der Waals surface area (Å²) in [6.45, 7) is 5.26. The molecule has 1 unspecified atom stereocenters. The van der Waals surface area contributed by atoms with Crippen molar-refractivity contribution in [3.05, 3.63) is 10.4 Å². The van der Waals surface area contributed by atoms with Crippen molar-refractivity contribution < 1.29 is 5.11 Å². The average Bonchev–Trinajstić information content (AvgIpc) is 1.59. The lowest BCUT2D eigenvalue weighted by Crippen LogP contribution is -2.21. The quantitative estimate of drug-likeness (QED) is 0.365. The van der Waals surface area contributed by atoms with Crippen LogP contribution in [0, 0.1) is 0 Å². The van der Waals surface area contributed by atoms with E-state index in [9.17, 15) is 0 Å². The highest BCUT2D eigenvalue weighted by Gasteiger charge is 2.17. The maximum Gasteiger partial charge on any atom is 0.0518 e. The molecule has 0 spiro atoms. The van der Waals surface area contributed by atoms with E-state index in [-0.39, 0.29) is 0 Å². The summed E-state index contributed by atoms with van der Waals surface area (Å²) in [6, 6.07) is 0. The van der Waals surface area contributed by atoms with Gasteiger partial charge in [-0.2, -0.15) is 0 Å². The van der Waals surface area contributed by atoms with Crippen molar-refractivity contribution in [2.75, 3.05) is 0 Å². The molecule has 0 radical (unpaired) electrons. The van der Waals surface area contributed by atoms with Crippen LogP contribution in [0.25, 0.3) is 10.4 Å². The molecule has 0 amide bonds. The first-order valence-corrected chi connectivity index (χ1v) is 3.22. The summed E-state index contributed by atoms with van der Waals surface area (Å²) in [5, 5.41) is 12.4. The second-order valence-electron chi connectivity index (χ2n) is 3.06. The van der Waals surface area contributed by atoms with Gasteiger partial charge in [0, 0.05) is 10.5 Å². The molecule has 4 heteroatoms. The molecule has 1 atom stereocenters. The number of aliphatic hydroxyl groups is 1. The van der Waals surface area contributed by atoms with Gasteiger partial charge in [-0.3, -0.25) is 0 Å². The molecule has 0 aromatic heterocycles. The Hall–Kier alpha value is -0.730. The molecular formula is C6H13N3O. The zero-order chi connectivity index (χ0) is 8.20. The van der Waals surface area contributed by atoms with Crippen molar-refractivity contribution >= 4 is 0 Å². The van der Waals surface area contributed by atoms with E-state index in [0.717, 1.165) is 0 Å². The summed E-state index contributed by atoms with van der Waals surface area (Å²) in [4.78, 5) is 2.67. The molecule has 4 nitrogen and oxygen atoms in total. The normalized spacial score (nSPS) is 14.0. The largest absolute Gasteiger partial charge is 0.393 e. The molecule has 0 aliphatic carbocycles. The summed E-state index contributed by atoms with van der Waals surface area (Å²) in [7, 11) is 0. The Balaban J connectivity index is 3.98. The number of hydrogen-bond donors (Lipinski definition) is 1. The van der Waals surface area contributed by atoms with E-state index in [2.05, 4.69) is 10.0 Å². The van der Waals surface area contributed by atoms with Crippen molar-refractivity contribution in [2.45, 2.75) is 38.8 Å². The van der Waals surface area contributed by atoms with Crippen LogP contribution in [0.5, 0.6) is 0 Å². The first-order chi connectivity index (χ1) is 4.48. The van der Waals surface area contributed by atoms with Crippen LogP contribution >= 0.6 is 0 Å². The van der Waals surface area contributed by atoms with Gasteiger partial charge in [0.2, 0.25) is 0 Å². The summed E-state index contributed by atoms with van der Waals surface area (Å²) in [5.41, 5.74) is 7.62. The van der Waals surface area contributed by atoms with Gasteiger partial charge in [0.15, 0.2) is 0 Å². The van der Waals surface area contributed by atoms with Gasteiger partial charge in [-0.25, -0.2) is 0 Å². The fourth-order valence-electron chi connectivity index (χ4n) is 0.885. The lowest BCUT2D eigenvalue weighted by atomic mass is 9.99. The van der Waals surface area contributed by atoms with E-state index < -0.39 is 11.6 Å². The predicted octanol–water partition coefficient (Wildman–Crippen LogP) is 1.85. The van der Waals surface area contributed by atoms with Gasteiger partial charge in [0.05, 0.1) is 6.10 Å². The second kappa shape index (κ2) is 3.44. The molecule has 0 saturated carbocycles. The molecule has 0 aromatic carbocycles. The molecule has 0 aliphatic heterocycles. The maximum atomic E-state index is 8.93. The van der Waals surface area contributed by atoms with Crippen LogP contribution in [0.1, 0.15) is 27.2 Å². The van der Waals surface area contributed by atoms with Crippen LogP contribution in [-0.2, 0) is 0 Å². The Kier molecular flexibility index (Phi) is 3.19. The van der Waals surface area contributed by atoms with Crippen molar-refractivity contribution in [1.29, 1.82) is 0 Å². The van der Waals surface area contributed by atoms with Gasteiger partial charge >= 0.3 is 0 Å². The van der Waals surface area contributed by atoms with Crippen LogP contribution in [-0.4, -0.2) is 16.7 Å². The Labute approximate surface area is 60.5 Å². The summed E-state index contributed by atoms with van der Waals surface area (Å²) < 4.78 is 0. The highest BCUT2D eigenvalue weighted by Crippen LogP contribution is 2.16. The fourth-order valence-corrected chi connectivity index (χ4v) is 0.885. The van der Waals surface area contributed by atoms with Gasteiger partial charge in [-0.05, 0) is 18.9 Å². The third-order valence-electron chi connectivity index (χ3n) is 1.11. The lowest BCUT2D eigenvalue weighted by molar-refractivity contribution is 0.158. The molecule has 0 aliphatic rings. The highest BCUT2D eigenvalue weighted by atomic mass is 16.3. The Morgan fingerprint density at radius 1 is 1.70 bits per heavy atom. The second-order valence-corrected chi connectivity index (χ2v) is 3.06. The molecule has 0 bridgehead atoms. The molecule has 0 heterocycles. The molecule has 1 N–H and O–H groups in total. The molecule has 0 saturated heterocycles. The third-order valence-corrected chi connectivity index (χ3v) is 1.11. The first-order valence-electron chi connectivity index (χ1n) is 3.22.